The van der Waals surface area contributed by atoms with Crippen molar-refractivity contribution in [2.45, 2.75) is 6.92 Å². The normalized spacial score (nSPS) is 9.91. The smallest absolute Gasteiger partial charge is 0.316 e. The van der Waals surface area contributed by atoms with Gasteiger partial charge in [0.25, 0.3) is 0 Å². The topological polar surface area (TPSA) is 58.6 Å². The number of amides is 2. The van der Waals surface area contributed by atoms with Crippen molar-refractivity contribution in [3.63, 3.8) is 0 Å². The van der Waals surface area contributed by atoms with E-state index in [-0.39, 0.29) is 0 Å². The largest absolute Gasteiger partial charge is 0.492 e. The van der Waals surface area contributed by atoms with Crippen molar-refractivity contribution >= 4 is 23.2 Å². The van der Waals surface area contributed by atoms with E-state index in [1.807, 2.05) is 13.0 Å². The fourth-order valence-corrected chi connectivity index (χ4v) is 1.95. The van der Waals surface area contributed by atoms with Gasteiger partial charge in [0, 0.05) is 12.7 Å². The average molecular weight is 298 g/mol. The Morgan fingerprint density at radius 2 is 1.68 bits per heavy atom. The molecule has 0 spiro atoms. The first kappa shape index (κ1) is 15.6. The molecule has 2 rings (SSSR count). The van der Waals surface area contributed by atoms with Gasteiger partial charge in [0.1, 0.15) is 5.75 Å². The third kappa shape index (κ3) is 3.63. The summed E-state index contributed by atoms with van der Waals surface area (Å²) in [7, 11) is 1.56. The summed E-state index contributed by atoms with van der Waals surface area (Å²) in [6, 6.07) is 16.0. The number of rotatable bonds is 4. The molecule has 0 aliphatic rings. The molecule has 5 heteroatoms. The molecule has 0 aromatic heterocycles. The summed E-state index contributed by atoms with van der Waals surface area (Å²) >= 11 is 0. The molecule has 0 unspecified atom stereocenters. The number of hydrogen-bond donors (Lipinski definition) is 1. The summed E-state index contributed by atoms with van der Waals surface area (Å²) in [6.45, 7) is 2.33. The molecular weight excluding hydrogens is 280 g/mol. The highest BCUT2D eigenvalue weighted by atomic mass is 16.5. The summed E-state index contributed by atoms with van der Waals surface area (Å²) in [5, 5.41) is 2.59. The second-order valence-corrected chi connectivity index (χ2v) is 4.58. The number of benzene rings is 2. The molecule has 0 heterocycles. The van der Waals surface area contributed by atoms with E-state index < -0.39 is 11.8 Å². The van der Waals surface area contributed by atoms with Gasteiger partial charge in [0.15, 0.2) is 0 Å². The predicted molar refractivity (Wildman–Crippen MR) is 86.1 cm³/mol. The number of para-hydroxylation sites is 3. The summed E-state index contributed by atoms with van der Waals surface area (Å²) in [6.07, 6.45) is 0. The first-order chi connectivity index (χ1) is 10.6. The van der Waals surface area contributed by atoms with Gasteiger partial charge in [-0.15, -0.1) is 0 Å². The van der Waals surface area contributed by atoms with Gasteiger partial charge in [-0.2, -0.15) is 0 Å². The molecule has 5 nitrogen and oxygen atoms in total. The average Bonchev–Trinajstić information content (AvgIpc) is 2.56. The fraction of sp³-hybridized carbons (Fsp3) is 0.176. The van der Waals surface area contributed by atoms with E-state index in [1.54, 1.807) is 55.6 Å². The van der Waals surface area contributed by atoms with E-state index in [9.17, 15) is 9.59 Å². The maximum atomic E-state index is 12.2. The minimum Gasteiger partial charge on any atom is -0.492 e. The van der Waals surface area contributed by atoms with Gasteiger partial charge in [-0.05, 0) is 31.2 Å². The molecule has 0 atom stereocenters. The van der Waals surface area contributed by atoms with Crippen molar-refractivity contribution in [2.24, 2.45) is 0 Å². The molecule has 22 heavy (non-hydrogen) atoms. The lowest BCUT2D eigenvalue weighted by molar-refractivity contribution is -0.134. The Morgan fingerprint density at radius 3 is 2.36 bits per heavy atom. The van der Waals surface area contributed by atoms with Crippen LogP contribution in [0.2, 0.25) is 0 Å². The maximum Gasteiger partial charge on any atom is 0.316 e. The molecule has 0 aliphatic carbocycles. The molecule has 2 aromatic rings. The quantitative estimate of drug-likeness (QED) is 0.883. The van der Waals surface area contributed by atoms with Crippen LogP contribution in [0.15, 0.2) is 54.6 Å². The fourth-order valence-electron chi connectivity index (χ4n) is 1.95. The molecule has 0 fully saturated rings. The summed E-state index contributed by atoms with van der Waals surface area (Å²) in [5.41, 5.74) is 1.13. The lowest BCUT2D eigenvalue weighted by Crippen LogP contribution is -2.37. The molecule has 0 bridgehead atoms. The second-order valence-electron chi connectivity index (χ2n) is 4.58. The molecule has 0 radical (unpaired) electrons. The Hall–Kier alpha value is -2.82. The lowest BCUT2D eigenvalue weighted by Gasteiger charge is -2.17. The monoisotopic (exact) mass is 298 g/mol. The Balaban J connectivity index is 2.11. The van der Waals surface area contributed by atoms with Crippen molar-refractivity contribution in [3.05, 3.63) is 54.6 Å². The van der Waals surface area contributed by atoms with Crippen LogP contribution < -0.4 is 15.0 Å². The first-order valence-corrected chi connectivity index (χ1v) is 6.99. The van der Waals surface area contributed by atoms with Gasteiger partial charge in [0.05, 0.1) is 12.3 Å². The van der Waals surface area contributed by atoms with Gasteiger partial charge in [-0.1, -0.05) is 30.3 Å². The van der Waals surface area contributed by atoms with E-state index in [0.717, 1.165) is 0 Å². The Labute approximate surface area is 129 Å². The van der Waals surface area contributed by atoms with Crippen molar-refractivity contribution in [1.29, 1.82) is 0 Å². The molecule has 1 N–H and O–H groups in total. The van der Waals surface area contributed by atoms with Gasteiger partial charge < -0.3 is 15.0 Å². The van der Waals surface area contributed by atoms with Crippen LogP contribution >= 0.6 is 0 Å². The molecule has 114 valence electrons. The van der Waals surface area contributed by atoms with Crippen LogP contribution in [0.3, 0.4) is 0 Å². The van der Waals surface area contributed by atoms with E-state index in [2.05, 4.69) is 5.32 Å². The highest BCUT2D eigenvalue weighted by Gasteiger charge is 2.20. The highest BCUT2D eigenvalue weighted by Crippen LogP contribution is 2.23. The number of ether oxygens (including phenoxy) is 1. The van der Waals surface area contributed by atoms with Gasteiger partial charge >= 0.3 is 11.8 Å². The lowest BCUT2D eigenvalue weighted by atomic mass is 10.2. The van der Waals surface area contributed by atoms with Crippen LogP contribution in [0.25, 0.3) is 0 Å². The van der Waals surface area contributed by atoms with E-state index in [1.165, 1.54) is 4.90 Å². The number of carbonyl (C=O) groups excluding carboxylic acids is 2. The minimum atomic E-state index is -0.710. The third-order valence-electron chi connectivity index (χ3n) is 3.08. The standard InChI is InChI=1S/C17H18N2O3/c1-3-22-15-12-8-7-11-14(15)18-16(20)17(21)19(2)13-9-5-4-6-10-13/h4-12H,3H2,1-2H3,(H,18,20). The highest BCUT2D eigenvalue weighted by molar-refractivity contribution is 6.44. The summed E-state index contributed by atoms with van der Waals surface area (Å²) < 4.78 is 5.42. The van der Waals surface area contributed by atoms with E-state index in [4.69, 9.17) is 4.74 Å². The van der Waals surface area contributed by atoms with E-state index >= 15 is 0 Å². The van der Waals surface area contributed by atoms with Crippen molar-refractivity contribution in [3.8, 4) is 5.75 Å². The molecule has 0 saturated heterocycles. The van der Waals surface area contributed by atoms with Crippen LogP contribution in [0.1, 0.15) is 6.92 Å². The summed E-state index contributed by atoms with van der Waals surface area (Å²) in [4.78, 5) is 25.6. The molecule has 0 aliphatic heterocycles. The van der Waals surface area contributed by atoms with Crippen molar-refractivity contribution in [1.82, 2.24) is 0 Å². The zero-order chi connectivity index (χ0) is 15.9. The Morgan fingerprint density at radius 1 is 1.05 bits per heavy atom. The van der Waals surface area contributed by atoms with E-state index in [0.29, 0.717) is 23.7 Å². The zero-order valence-electron chi connectivity index (χ0n) is 12.6. The molecular formula is C17H18N2O3. The Bertz CT molecular complexity index is 656. The molecule has 2 aromatic carbocycles. The number of nitrogens with one attached hydrogen (secondary N) is 1. The van der Waals surface area contributed by atoms with Gasteiger partial charge in [-0.25, -0.2) is 0 Å². The SMILES string of the molecule is CCOc1ccccc1NC(=O)C(=O)N(C)c1ccccc1. The predicted octanol–water partition coefficient (Wildman–Crippen LogP) is 2.69. The van der Waals surface area contributed by atoms with Gasteiger partial charge in [-0.3, -0.25) is 9.59 Å². The summed E-state index contributed by atoms with van der Waals surface area (Å²) in [5.74, 6) is -0.815. The number of nitrogens with zero attached hydrogens (tertiary/aromatic N) is 1. The number of anilines is 2. The molecule has 0 saturated carbocycles. The molecule has 2 amide bonds. The van der Waals surface area contributed by atoms with Crippen LogP contribution in [-0.4, -0.2) is 25.5 Å². The number of carbonyl (C=O) groups is 2. The minimum absolute atomic E-state index is 0.476. The van der Waals surface area contributed by atoms with Crippen LogP contribution in [0, 0.1) is 0 Å². The number of likely N-dealkylation sites (N-methyl/N-ethyl adjacent to an activating group) is 1. The van der Waals surface area contributed by atoms with Gasteiger partial charge in [0.2, 0.25) is 0 Å². The first-order valence-electron chi connectivity index (χ1n) is 6.99. The van der Waals surface area contributed by atoms with Crippen LogP contribution in [-0.2, 0) is 9.59 Å². The third-order valence-corrected chi connectivity index (χ3v) is 3.08. The van der Waals surface area contributed by atoms with Crippen molar-refractivity contribution < 1.29 is 14.3 Å². The Kier molecular flexibility index (Phi) is 5.14. The van der Waals surface area contributed by atoms with Crippen LogP contribution in [0.5, 0.6) is 5.75 Å². The zero-order valence-corrected chi connectivity index (χ0v) is 12.6. The van der Waals surface area contributed by atoms with Crippen LogP contribution in [0.4, 0.5) is 11.4 Å². The maximum absolute atomic E-state index is 12.2. The van der Waals surface area contributed by atoms with Crippen molar-refractivity contribution in [2.75, 3.05) is 23.9 Å². The number of hydrogen-bond acceptors (Lipinski definition) is 3. The second kappa shape index (κ2) is 7.26.